The Morgan fingerprint density at radius 3 is 2.40 bits per heavy atom. The number of carbonyl (C=O) groups excluding carboxylic acids is 1. The molecule has 2 saturated heterocycles. The lowest BCUT2D eigenvalue weighted by Crippen LogP contribution is -2.42. The number of benzene rings is 2. The van der Waals surface area contributed by atoms with E-state index >= 15 is 0 Å². The van der Waals surface area contributed by atoms with Gasteiger partial charge in [0.05, 0.1) is 25.4 Å². The summed E-state index contributed by atoms with van der Waals surface area (Å²) >= 11 is 0. The lowest BCUT2D eigenvalue weighted by Gasteiger charge is -2.38. The fourth-order valence-corrected chi connectivity index (χ4v) is 5.45. The molecule has 0 radical (unpaired) electrons. The van der Waals surface area contributed by atoms with E-state index < -0.39 is 12.3 Å². The molecule has 40 heavy (non-hydrogen) atoms. The lowest BCUT2D eigenvalue weighted by molar-refractivity contribution is -0.253. The van der Waals surface area contributed by atoms with E-state index in [1.54, 1.807) is 7.11 Å². The number of methoxy groups -OCH3 is 1. The number of carbonyl (C=O) groups is 2. The number of carboxylic acids is 1. The topological polar surface area (TPSA) is 118 Å². The highest BCUT2D eigenvalue weighted by atomic mass is 16.7. The van der Waals surface area contributed by atoms with Crippen LogP contribution in [0.4, 0.5) is 0 Å². The molecule has 4 rings (SSSR count). The number of ether oxygens (including phenoxy) is 3. The molecule has 9 nitrogen and oxygen atoms in total. The van der Waals surface area contributed by atoms with Crippen molar-refractivity contribution in [2.24, 2.45) is 0 Å². The Bertz CT molecular complexity index is 1080. The van der Waals surface area contributed by atoms with Gasteiger partial charge in [0, 0.05) is 51.1 Å². The highest BCUT2D eigenvalue weighted by Crippen LogP contribution is 2.38. The fraction of sp³-hybridized carbons (Fsp3) is 0.548. The third kappa shape index (κ3) is 8.84. The number of hydrogen-bond donors (Lipinski definition) is 3. The number of aliphatic hydroxyl groups excluding tert-OH is 1. The van der Waals surface area contributed by atoms with E-state index in [9.17, 15) is 14.7 Å². The van der Waals surface area contributed by atoms with Crippen LogP contribution in [0.25, 0.3) is 0 Å². The number of amides is 1. The number of nitrogens with one attached hydrogen (secondary N) is 1. The molecular weight excluding hydrogens is 512 g/mol. The minimum absolute atomic E-state index is 0.00748. The van der Waals surface area contributed by atoms with Crippen molar-refractivity contribution in [1.82, 2.24) is 10.2 Å². The normalized spacial score (nSPS) is 23.2. The monoisotopic (exact) mass is 554 g/mol. The van der Waals surface area contributed by atoms with E-state index in [-0.39, 0.29) is 31.1 Å². The maximum atomic E-state index is 12.1. The van der Waals surface area contributed by atoms with Crippen molar-refractivity contribution in [3.05, 3.63) is 70.8 Å². The van der Waals surface area contributed by atoms with Crippen LogP contribution in [0.3, 0.4) is 0 Å². The average molecular weight is 555 g/mol. The van der Waals surface area contributed by atoms with Crippen molar-refractivity contribution >= 4 is 11.9 Å². The summed E-state index contributed by atoms with van der Waals surface area (Å²) in [5.74, 6) is -0.921. The maximum absolute atomic E-state index is 12.1. The van der Waals surface area contributed by atoms with Crippen LogP contribution in [-0.2, 0) is 37.0 Å². The van der Waals surface area contributed by atoms with Crippen LogP contribution >= 0.6 is 0 Å². The quantitative estimate of drug-likeness (QED) is 0.299. The molecule has 0 aliphatic carbocycles. The van der Waals surface area contributed by atoms with Gasteiger partial charge in [-0.25, -0.2) is 0 Å². The van der Waals surface area contributed by atoms with Gasteiger partial charge in [-0.15, -0.1) is 0 Å². The van der Waals surface area contributed by atoms with Crippen LogP contribution in [0.2, 0.25) is 0 Å². The summed E-state index contributed by atoms with van der Waals surface area (Å²) in [6, 6.07) is 16.2. The first-order chi connectivity index (χ1) is 19.4. The molecule has 0 aromatic heterocycles. The SMILES string of the molecule is COC[C@@H]1CCCN1C[C@@H]1C[C@H](c2ccc(CO)cc2)O[C@H](c2ccc(CNC(=O)CCCCC(=O)O)cc2)O1. The molecule has 0 unspecified atom stereocenters. The van der Waals surface area contributed by atoms with Crippen molar-refractivity contribution in [2.45, 2.75) is 82.6 Å². The zero-order valence-electron chi connectivity index (χ0n) is 23.3. The molecular formula is C31H42N2O7. The molecule has 2 aliphatic heterocycles. The molecule has 1 amide bonds. The molecule has 3 N–H and O–H groups in total. The van der Waals surface area contributed by atoms with Gasteiger partial charge < -0.3 is 29.7 Å². The van der Waals surface area contributed by atoms with Gasteiger partial charge in [-0.2, -0.15) is 0 Å². The number of aliphatic hydroxyl groups is 1. The average Bonchev–Trinajstić information content (AvgIpc) is 3.40. The number of carboxylic acid groups (broad SMARTS) is 1. The lowest BCUT2D eigenvalue weighted by atomic mass is 9.99. The van der Waals surface area contributed by atoms with Crippen LogP contribution in [0, 0.1) is 0 Å². The zero-order valence-corrected chi connectivity index (χ0v) is 23.3. The number of likely N-dealkylation sites (tertiary alicyclic amines) is 1. The summed E-state index contributed by atoms with van der Waals surface area (Å²) in [6.45, 7) is 2.99. The van der Waals surface area contributed by atoms with Crippen LogP contribution in [0.1, 0.15) is 79.6 Å². The van der Waals surface area contributed by atoms with E-state index in [1.165, 1.54) is 0 Å². The Morgan fingerprint density at radius 2 is 1.70 bits per heavy atom. The van der Waals surface area contributed by atoms with Gasteiger partial charge in [0.2, 0.25) is 5.91 Å². The smallest absolute Gasteiger partial charge is 0.303 e. The van der Waals surface area contributed by atoms with Crippen molar-refractivity contribution in [3.8, 4) is 0 Å². The predicted octanol–water partition coefficient (Wildman–Crippen LogP) is 4.10. The van der Waals surface area contributed by atoms with E-state index in [0.717, 1.165) is 61.2 Å². The second kappa shape index (κ2) is 15.3. The van der Waals surface area contributed by atoms with Crippen molar-refractivity contribution in [1.29, 1.82) is 0 Å². The Balaban J connectivity index is 1.39. The van der Waals surface area contributed by atoms with Gasteiger partial charge in [0.25, 0.3) is 0 Å². The van der Waals surface area contributed by atoms with Gasteiger partial charge in [0.1, 0.15) is 0 Å². The number of nitrogens with zero attached hydrogens (tertiary/aromatic N) is 1. The summed E-state index contributed by atoms with van der Waals surface area (Å²) in [6.07, 6.45) is 3.81. The minimum Gasteiger partial charge on any atom is -0.481 e. The molecule has 2 heterocycles. The van der Waals surface area contributed by atoms with E-state index in [0.29, 0.717) is 31.8 Å². The standard InChI is InChI=1S/C31H42N2O7/c1-38-21-26-5-4-16-33(26)19-27-17-28(24-12-10-23(20-34)11-13-24)40-31(39-27)25-14-8-22(9-15-25)18-32-29(35)6-2-3-7-30(36)37/h8-15,26-28,31,34H,2-7,16-21H2,1H3,(H,32,35)(H,36,37)/t26-,27-,28+,31+/m0/s1. The molecule has 218 valence electrons. The molecule has 2 fully saturated rings. The predicted molar refractivity (Wildman–Crippen MR) is 149 cm³/mol. The molecule has 0 spiro atoms. The summed E-state index contributed by atoms with van der Waals surface area (Å²) in [5.41, 5.74) is 3.81. The summed E-state index contributed by atoms with van der Waals surface area (Å²) in [4.78, 5) is 25.2. The Hall–Kier alpha value is -2.82. The second-order valence-electron chi connectivity index (χ2n) is 10.7. The number of hydrogen-bond acceptors (Lipinski definition) is 7. The maximum Gasteiger partial charge on any atom is 0.303 e. The fourth-order valence-electron chi connectivity index (χ4n) is 5.45. The van der Waals surface area contributed by atoms with E-state index in [1.807, 2.05) is 48.5 Å². The Kier molecular flexibility index (Phi) is 11.5. The number of unbranched alkanes of at least 4 members (excludes halogenated alkanes) is 1. The Labute approximate surface area is 236 Å². The minimum atomic E-state index is -0.838. The molecule has 0 saturated carbocycles. The van der Waals surface area contributed by atoms with Crippen LogP contribution in [-0.4, -0.2) is 65.9 Å². The van der Waals surface area contributed by atoms with Crippen LogP contribution < -0.4 is 5.32 Å². The van der Waals surface area contributed by atoms with Gasteiger partial charge in [-0.3, -0.25) is 14.5 Å². The molecule has 9 heteroatoms. The largest absolute Gasteiger partial charge is 0.481 e. The highest BCUT2D eigenvalue weighted by molar-refractivity contribution is 5.75. The van der Waals surface area contributed by atoms with Gasteiger partial charge in [-0.05, 0) is 48.9 Å². The summed E-state index contributed by atoms with van der Waals surface area (Å²) < 4.78 is 18.4. The van der Waals surface area contributed by atoms with Gasteiger partial charge >= 0.3 is 5.97 Å². The first kappa shape index (κ1) is 30.1. The molecule has 2 aliphatic rings. The van der Waals surface area contributed by atoms with E-state index in [2.05, 4.69) is 10.2 Å². The third-order valence-electron chi connectivity index (χ3n) is 7.70. The van der Waals surface area contributed by atoms with Gasteiger partial charge in [-0.1, -0.05) is 48.5 Å². The van der Waals surface area contributed by atoms with Crippen LogP contribution in [0.15, 0.2) is 48.5 Å². The zero-order chi connectivity index (χ0) is 28.3. The molecule has 4 atom stereocenters. The van der Waals surface area contributed by atoms with Crippen molar-refractivity contribution in [3.63, 3.8) is 0 Å². The van der Waals surface area contributed by atoms with Crippen molar-refractivity contribution < 1.29 is 34.0 Å². The molecule has 2 aromatic carbocycles. The summed E-state index contributed by atoms with van der Waals surface area (Å²) in [7, 11) is 1.75. The van der Waals surface area contributed by atoms with Crippen molar-refractivity contribution in [2.75, 3.05) is 26.8 Å². The first-order valence-electron chi connectivity index (χ1n) is 14.3. The van der Waals surface area contributed by atoms with E-state index in [4.69, 9.17) is 19.3 Å². The second-order valence-corrected chi connectivity index (χ2v) is 10.7. The number of aliphatic carboxylic acids is 1. The third-order valence-corrected chi connectivity index (χ3v) is 7.70. The Morgan fingerprint density at radius 1 is 1.00 bits per heavy atom. The molecule has 0 bridgehead atoms. The molecule has 2 aromatic rings. The highest BCUT2D eigenvalue weighted by Gasteiger charge is 2.35. The first-order valence-corrected chi connectivity index (χ1v) is 14.3. The summed E-state index contributed by atoms with van der Waals surface area (Å²) in [5, 5.41) is 21.1. The number of rotatable bonds is 14. The van der Waals surface area contributed by atoms with Crippen LogP contribution in [0.5, 0.6) is 0 Å². The van der Waals surface area contributed by atoms with Gasteiger partial charge in [0.15, 0.2) is 6.29 Å².